The third-order valence-corrected chi connectivity index (χ3v) is 3.34. The first kappa shape index (κ1) is 17.0. The van der Waals surface area contributed by atoms with Crippen LogP contribution in [-0.2, 0) is 9.57 Å². The van der Waals surface area contributed by atoms with Gasteiger partial charge in [-0.25, -0.2) is 4.79 Å². The van der Waals surface area contributed by atoms with Gasteiger partial charge < -0.3 is 14.3 Å². The van der Waals surface area contributed by atoms with Crippen LogP contribution in [0.1, 0.15) is 15.9 Å². The minimum absolute atomic E-state index is 0.337. The van der Waals surface area contributed by atoms with E-state index in [-0.39, 0.29) is 5.97 Å². The second-order valence-electron chi connectivity index (χ2n) is 4.49. The van der Waals surface area contributed by atoms with E-state index < -0.39 is 0 Å². The molecule has 0 unspecified atom stereocenters. The molecule has 120 valence electrons. The normalized spacial score (nSPS) is 10.5. The lowest BCUT2D eigenvalue weighted by Gasteiger charge is -2.05. The minimum atomic E-state index is -0.366. The van der Waals surface area contributed by atoms with Crippen molar-refractivity contribution in [1.82, 2.24) is 0 Å². The number of benzene rings is 2. The van der Waals surface area contributed by atoms with Gasteiger partial charge in [-0.1, -0.05) is 39.3 Å². The van der Waals surface area contributed by atoms with Crippen LogP contribution in [0.4, 0.5) is 0 Å². The number of methoxy groups -OCH3 is 1. The number of hydrogen-bond donors (Lipinski definition) is 0. The van der Waals surface area contributed by atoms with E-state index in [0.717, 1.165) is 15.8 Å². The van der Waals surface area contributed by atoms with E-state index in [2.05, 4.69) is 25.8 Å². The van der Waals surface area contributed by atoms with Gasteiger partial charge in [-0.15, -0.1) is 0 Å². The maximum absolute atomic E-state index is 11.3. The summed E-state index contributed by atoms with van der Waals surface area (Å²) in [5, 5.41) is 3.85. The summed E-state index contributed by atoms with van der Waals surface area (Å²) in [6.45, 7) is 0.734. The van der Waals surface area contributed by atoms with Crippen LogP contribution in [0, 0.1) is 0 Å². The first-order valence-electron chi connectivity index (χ1n) is 6.91. The first-order valence-corrected chi connectivity index (χ1v) is 7.70. The molecule has 0 heterocycles. The van der Waals surface area contributed by atoms with E-state index in [1.165, 1.54) is 7.11 Å². The number of nitrogens with zero attached hydrogens (tertiary/aromatic N) is 1. The smallest absolute Gasteiger partial charge is 0.337 e. The number of ether oxygens (including phenoxy) is 2. The number of carbonyl (C=O) groups is 1. The van der Waals surface area contributed by atoms with Gasteiger partial charge in [0, 0.05) is 4.47 Å². The molecule has 0 atom stereocenters. The summed E-state index contributed by atoms with van der Waals surface area (Å²) in [6.07, 6.45) is 1.57. The minimum Gasteiger partial charge on any atom is -0.490 e. The average Bonchev–Trinajstić information content (AvgIpc) is 2.58. The van der Waals surface area contributed by atoms with E-state index in [0.29, 0.717) is 18.8 Å². The summed E-state index contributed by atoms with van der Waals surface area (Å²) >= 11 is 3.38. The van der Waals surface area contributed by atoms with Crippen LogP contribution in [0.15, 0.2) is 58.2 Å². The van der Waals surface area contributed by atoms with Gasteiger partial charge in [0.2, 0.25) is 0 Å². The molecule has 0 radical (unpaired) electrons. The Labute approximate surface area is 143 Å². The fraction of sp³-hybridized carbons (Fsp3) is 0.176. The van der Waals surface area contributed by atoms with Crippen LogP contribution in [0.3, 0.4) is 0 Å². The van der Waals surface area contributed by atoms with E-state index >= 15 is 0 Å². The average molecular weight is 378 g/mol. The molecule has 2 aromatic carbocycles. The second-order valence-corrected chi connectivity index (χ2v) is 5.40. The van der Waals surface area contributed by atoms with Crippen LogP contribution >= 0.6 is 15.9 Å². The van der Waals surface area contributed by atoms with Gasteiger partial charge in [0.05, 0.1) is 18.9 Å². The molecular weight excluding hydrogens is 362 g/mol. The molecule has 0 aliphatic carbocycles. The molecule has 23 heavy (non-hydrogen) atoms. The maximum Gasteiger partial charge on any atom is 0.337 e. The topological polar surface area (TPSA) is 57.1 Å². The molecule has 0 aromatic heterocycles. The molecular formula is C17H16BrNO4. The van der Waals surface area contributed by atoms with Crippen LogP contribution in [0.25, 0.3) is 0 Å². The van der Waals surface area contributed by atoms with Crippen molar-refractivity contribution in [3.05, 3.63) is 64.1 Å². The van der Waals surface area contributed by atoms with E-state index in [1.807, 2.05) is 24.3 Å². The fourth-order valence-corrected chi connectivity index (χ4v) is 2.11. The second kappa shape index (κ2) is 8.95. The number of halogens is 1. The predicted octanol–water partition coefficient (Wildman–Crippen LogP) is 3.67. The highest BCUT2D eigenvalue weighted by Crippen LogP contribution is 2.17. The van der Waals surface area contributed by atoms with Crippen LogP contribution in [0.2, 0.25) is 0 Å². The molecule has 0 fully saturated rings. The van der Waals surface area contributed by atoms with Crippen LogP contribution in [-0.4, -0.2) is 32.5 Å². The largest absolute Gasteiger partial charge is 0.490 e. The third-order valence-electron chi connectivity index (χ3n) is 2.85. The van der Waals surface area contributed by atoms with E-state index in [4.69, 9.17) is 9.57 Å². The first-order chi connectivity index (χ1) is 11.2. The SMILES string of the molecule is COC(=O)c1ccc(/C=N\OCCOc2cccc(Br)c2)cc1. The molecule has 6 heteroatoms. The Morgan fingerprint density at radius 3 is 2.65 bits per heavy atom. The quantitative estimate of drug-likeness (QED) is 0.319. The predicted molar refractivity (Wildman–Crippen MR) is 91.0 cm³/mol. The lowest BCUT2D eigenvalue weighted by Crippen LogP contribution is -2.04. The number of esters is 1. The standard InChI is InChI=1S/C17H16BrNO4/c1-21-17(20)14-7-5-13(6-8-14)12-19-23-10-9-22-16-4-2-3-15(18)11-16/h2-8,11-12H,9-10H2,1H3/b19-12-. The molecule has 0 aliphatic heterocycles. The van der Waals surface area contributed by atoms with Gasteiger partial charge in [-0.2, -0.15) is 0 Å². The number of oxime groups is 1. The van der Waals surface area contributed by atoms with Gasteiger partial charge in [-0.3, -0.25) is 0 Å². The highest BCUT2D eigenvalue weighted by Gasteiger charge is 2.03. The van der Waals surface area contributed by atoms with Gasteiger partial charge in [0.25, 0.3) is 0 Å². The Kier molecular flexibility index (Phi) is 6.62. The summed E-state index contributed by atoms with van der Waals surface area (Å²) in [6, 6.07) is 14.4. The number of carbonyl (C=O) groups excluding carboxylic acids is 1. The van der Waals surface area contributed by atoms with Gasteiger partial charge in [0.1, 0.15) is 12.4 Å². The summed E-state index contributed by atoms with van der Waals surface area (Å²) in [7, 11) is 1.35. The lowest BCUT2D eigenvalue weighted by molar-refractivity contribution is 0.0600. The zero-order valence-electron chi connectivity index (χ0n) is 12.6. The van der Waals surface area contributed by atoms with Gasteiger partial charge >= 0.3 is 5.97 Å². The van der Waals surface area contributed by atoms with E-state index in [9.17, 15) is 4.79 Å². The number of rotatable bonds is 7. The summed E-state index contributed by atoms with van der Waals surface area (Å²) in [5.41, 5.74) is 1.32. The third kappa shape index (κ3) is 5.75. The Morgan fingerprint density at radius 2 is 1.96 bits per heavy atom. The monoisotopic (exact) mass is 377 g/mol. The molecule has 2 aromatic rings. The van der Waals surface area contributed by atoms with Crippen molar-refractivity contribution < 1.29 is 19.1 Å². The van der Waals surface area contributed by atoms with Crippen molar-refractivity contribution in [1.29, 1.82) is 0 Å². The summed E-state index contributed by atoms with van der Waals surface area (Å²) < 4.78 is 11.1. The maximum atomic E-state index is 11.3. The van der Waals surface area contributed by atoms with Crippen molar-refractivity contribution in [2.75, 3.05) is 20.3 Å². The molecule has 2 rings (SSSR count). The Bertz CT molecular complexity index is 671. The molecule has 0 saturated carbocycles. The van der Waals surface area contributed by atoms with Crippen LogP contribution < -0.4 is 4.74 Å². The van der Waals surface area contributed by atoms with Gasteiger partial charge in [0.15, 0.2) is 6.61 Å². The Morgan fingerprint density at radius 1 is 1.17 bits per heavy atom. The van der Waals surface area contributed by atoms with Crippen molar-refractivity contribution in [3.8, 4) is 5.75 Å². The molecule has 0 amide bonds. The van der Waals surface area contributed by atoms with Crippen molar-refractivity contribution in [2.45, 2.75) is 0 Å². The van der Waals surface area contributed by atoms with Gasteiger partial charge in [-0.05, 0) is 35.9 Å². The Hall–Kier alpha value is -2.34. The summed E-state index contributed by atoms with van der Waals surface area (Å²) in [5.74, 6) is 0.403. The fourth-order valence-electron chi connectivity index (χ4n) is 1.73. The van der Waals surface area contributed by atoms with Crippen molar-refractivity contribution >= 4 is 28.1 Å². The Balaban J connectivity index is 1.71. The van der Waals surface area contributed by atoms with Crippen molar-refractivity contribution in [3.63, 3.8) is 0 Å². The molecule has 0 bridgehead atoms. The molecule has 0 spiro atoms. The zero-order valence-corrected chi connectivity index (χ0v) is 14.2. The summed E-state index contributed by atoms with van der Waals surface area (Å²) in [4.78, 5) is 16.4. The number of hydrogen-bond acceptors (Lipinski definition) is 5. The van der Waals surface area contributed by atoms with Crippen molar-refractivity contribution in [2.24, 2.45) is 5.16 Å². The highest BCUT2D eigenvalue weighted by molar-refractivity contribution is 9.10. The van der Waals surface area contributed by atoms with Crippen LogP contribution in [0.5, 0.6) is 5.75 Å². The lowest BCUT2D eigenvalue weighted by atomic mass is 10.1. The zero-order chi connectivity index (χ0) is 16.5. The molecule has 0 N–H and O–H groups in total. The molecule has 0 saturated heterocycles. The van der Waals surface area contributed by atoms with E-state index in [1.54, 1.807) is 30.5 Å². The molecule has 5 nitrogen and oxygen atoms in total. The highest BCUT2D eigenvalue weighted by atomic mass is 79.9. The molecule has 0 aliphatic rings.